The highest BCUT2D eigenvalue weighted by Gasteiger charge is 2.39. The highest BCUT2D eigenvalue weighted by Crippen LogP contribution is 2.52. The zero-order valence-corrected chi connectivity index (χ0v) is 17.4. The van der Waals surface area contributed by atoms with Crippen molar-refractivity contribution < 1.29 is 19.3 Å². The number of ether oxygens (including phenoxy) is 3. The van der Waals surface area contributed by atoms with Crippen LogP contribution in [0.25, 0.3) is 6.08 Å². The summed E-state index contributed by atoms with van der Waals surface area (Å²) in [5.74, 6) is 2.86. The highest BCUT2D eigenvalue weighted by atomic mass is 16.5. The van der Waals surface area contributed by atoms with Crippen LogP contribution in [0.5, 0.6) is 17.2 Å². The third-order valence-corrected chi connectivity index (χ3v) is 6.20. The van der Waals surface area contributed by atoms with E-state index in [4.69, 9.17) is 14.2 Å². The summed E-state index contributed by atoms with van der Waals surface area (Å²) in [7, 11) is 5.11. The van der Waals surface area contributed by atoms with Crippen molar-refractivity contribution in [1.29, 1.82) is 0 Å². The van der Waals surface area contributed by atoms with E-state index in [2.05, 4.69) is 39.0 Å². The summed E-state index contributed by atoms with van der Waals surface area (Å²) >= 11 is 0. The van der Waals surface area contributed by atoms with Gasteiger partial charge in [0.1, 0.15) is 5.75 Å². The monoisotopic (exact) mass is 372 g/mol. The molecule has 0 aromatic heterocycles. The number of aliphatic hydroxyl groups excluding tert-OH is 1. The molecule has 0 aliphatic heterocycles. The first-order chi connectivity index (χ1) is 12.9. The quantitative estimate of drug-likeness (QED) is 0.759. The molecule has 0 spiro atoms. The van der Waals surface area contributed by atoms with Gasteiger partial charge in [-0.2, -0.15) is 0 Å². The zero-order chi connectivity index (χ0) is 19.8. The van der Waals surface area contributed by atoms with Crippen molar-refractivity contribution in [3.63, 3.8) is 0 Å². The van der Waals surface area contributed by atoms with Crippen molar-refractivity contribution in [3.05, 3.63) is 34.4 Å². The molecule has 27 heavy (non-hydrogen) atoms. The number of rotatable bonds is 5. The van der Waals surface area contributed by atoms with E-state index in [1.165, 1.54) is 5.57 Å². The molecule has 1 aromatic carbocycles. The van der Waals surface area contributed by atoms with Crippen molar-refractivity contribution in [2.45, 2.75) is 46.0 Å². The average molecular weight is 373 g/mol. The molecule has 4 nitrogen and oxygen atoms in total. The van der Waals surface area contributed by atoms with E-state index in [1.54, 1.807) is 21.3 Å². The molecule has 0 saturated heterocycles. The largest absolute Gasteiger partial charge is 0.496 e. The number of hydrogen-bond acceptors (Lipinski definition) is 4. The van der Waals surface area contributed by atoms with E-state index >= 15 is 0 Å². The van der Waals surface area contributed by atoms with Gasteiger partial charge in [0.2, 0.25) is 0 Å². The van der Waals surface area contributed by atoms with Crippen molar-refractivity contribution in [2.75, 3.05) is 27.9 Å². The van der Waals surface area contributed by atoms with Gasteiger partial charge in [-0.05, 0) is 25.2 Å². The van der Waals surface area contributed by atoms with Crippen molar-refractivity contribution in [3.8, 4) is 17.2 Å². The second-order valence-electron chi connectivity index (χ2n) is 8.20. The van der Waals surface area contributed by atoms with E-state index < -0.39 is 0 Å². The van der Waals surface area contributed by atoms with Crippen LogP contribution in [0.4, 0.5) is 0 Å². The van der Waals surface area contributed by atoms with Crippen LogP contribution in [0.15, 0.2) is 17.7 Å². The Morgan fingerprint density at radius 2 is 1.78 bits per heavy atom. The lowest BCUT2D eigenvalue weighted by Gasteiger charge is -2.39. The van der Waals surface area contributed by atoms with Gasteiger partial charge < -0.3 is 19.3 Å². The first kappa shape index (κ1) is 19.8. The Morgan fingerprint density at radius 1 is 1.11 bits per heavy atom. The molecule has 0 amide bonds. The van der Waals surface area contributed by atoms with Crippen LogP contribution in [0, 0.1) is 11.3 Å². The number of benzene rings is 1. The minimum atomic E-state index is -0.131. The van der Waals surface area contributed by atoms with E-state index in [9.17, 15) is 5.11 Å². The van der Waals surface area contributed by atoms with Crippen LogP contribution in [-0.4, -0.2) is 33.0 Å². The molecule has 4 heteroatoms. The average Bonchev–Trinajstić information content (AvgIpc) is 2.86. The summed E-state index contributed by atoms with van der Waals surface area (Å²) in [6.07, 6.45) is 9.49. The van der Waals surface area contributed by atoms with Crippen LogP contribution in [0.2, 0.25) is 0 Å². The third-order valence-electron chi connectivity index (χ3n) is 6.20. The minimum absolute atomic E-state index is 0.131. The molecule has 2 aliphatic rings. The van der Waals surface area contributed by atoms with Gasteiger partial charge in [-0.25, -0.2) is 0 Å². The van der Waals surface area contributed by atoms with Gasteiger partial charge in [0.25, 0.3) is 0 Å². The molecule has 3 rings (SSSR count). The lowest BCUT2D eigenvalue weighted by Crippen LogP contribution is -2.34. The van der Waals surface area contributed by atoms with Gasteiger partial charge in [-0.3, -0.25) is 0 Å². The molecular weight excluding hydrogens is 340 g/mol. The fraction of sp³-hybridized carbons (Fsp3) is 0.565. The lowest BCUT2D eigenvalue weighted by atomic mass is 9.67. The first-order valence-electron chi connectivity index (χ1n) is 9.74. The Morgan fingerprint density at radius 3 is 2.33 bits per heavy atom. The van der Waals surface area contributed by atoms with Crippen LogP contribution in [0.1, 0.15) is 56.2 Å². The second-order valence-corrected chi connectivity index (χ2v) is 8.20. The maximum absolute atomic E-state index is 10.1. The molecule has 0 heterocycles. The fourth-order valence-corrected chi connectivity index (χ4v) is 4.71. The Hall–Kier alpha value is -1.94. The number of aliphatic hydroxyl groups is 1. The van der Waals surface area contributed by atoms with Crippen LogP contribution in [-0.2, 0) is 6.42 Å². The van der Waals surface area contributed by atoms with Crippen molar-refractivity contribution >= 4 is 6.08 Å². The molecule has 0 unspecified atom stereocenters. The van der Waals surface area contributed by atoms with E-state index in [0.29, 0.717) is 0 Å². The number of fused-ring (bicyclic) bond motifs is 2. The Labute approximate surface area is 162 Å². The number of allylic oxidation sites excluding steroid dienone is 3. The molecule has 1 aromatic rings. The van der Waals surface area contributed by atoms with E-state index in [0.717, 1.165) is 53.2 Å². The van der Waals surface area contributed by atoms with Crippen LogP contribution < -0.4 is 14.2 Å². The number of hydrogen-bond donors (Lipinski definition) is 1. The fourth-order valence-electron chi connectivity index (χ4n) is 4.71. The number of methoxy groups -OCH3 is 3. The van der Waals surface area contributed by atoms with Crippen molar-refractivity contribution in [1.82, 2.24) is 0 Å². The minimum Gasteiger partial charge on any atom is -0.496 e. The summed E-state index contributed by atoms with van der Waals surface area (Å²) in [5, 5.41) is 10.1. The zero-order valence-electron chi connectivity index (χ0n) is 17.4. The SMILES string of the molecule is COc1c2c(c(OC)c(C(C)C)c1OC)C=C[C@@H]1C(=CCC[C@]1(C)CO)C2. The Kier molecular flexibility index (Phi) is 5.57. The van der Waals surface area contributed by atoms with Gasteiger partial charge in [0.05, 0.1) is 21.3 Å². The standard InChI is InChI=1S/C23H32O4/c1-14(2)19-20(25-4)16-9-10-18-15(8-7-11-23(18,3)13-24)12-17(16)21(26-5)22(19)27-6/h8-10,14,18,24H,7,11-13H2,1-6H3/t18-,23-/m1/s1. The van der Waals surface area contributed by atoms with E-state index in [1.807, 2.05) is 0 Å². The Balaban J connectivity index is 2.28. The summed E-state index contributed by atoms with van der Waals surface area (Å²) in [6, 6.07) is 0. The first-order valence-corrected chi connectivity index (χ1v) is 9.74. The van der Waals surface area contributed by atoms with E-state index in [-0.39, 0.29) is 23.9 Å². The molecule has 0 saturated carbocycles. The maximum atomic E-state index is 10.1. The summed E-state index contributed by atoms with van der Waals surface area (Å²) in [6.45, 7) is 6.64. The molecule has 0 radical (unpaired) electrons. The Bertz CT molecular complexity index is 775. The summed E-state index contributed by atoms with van der Waals surface area (Å²) < 4.78 is 17.5. The molecular formula is C23H32O4. The predicted octanol–water partition coefficient (Wildman–Crippen LogP) is 4.74. The second kappa shape index (κ2) is 7.59. The predicted molar refractivity (Wildman–Crippen MR) is 109 cm³/mol. The van der Waals surface area contributed by atoms with Crippen molar-refractivity contribution in [2.24, 2.45) is 11.3 Å². The molecule has 0 fully saturated rings. The van der Waals surface area contributed by atoms with Gasteiger partial charge in [-0.15, -0.1) is 0 Å². The topological polar surface area (TPSA) is 47.9 Å². The van der Waals surface area contributed by atoms with Gasteiger partial charge in [-0.1, -0.05) is 44.6 Å². The molecule has 2 aliphatic carbocycles. The van der Waals surface area contributed by atoms with Crippen LogP contribution >= 0.6 is 0 Å². The maximum Gasteiger partial charge on any atom is 0.168 e. The third kappa shape index (κ3) is 3.14. The lowest BCUT2D eigenvalue weighted by molar-refractivity contribution is 0.0980. The highest BCUT2D eigenvalue weighted by molar-refractivity contribution is 5.75. The molecule has 2 atom stereocenters. The molecule has 148 valence electrons. The molecule has 1 N–H and O–H groups in total. The van der Waals surface area contributed by atoms with Gasteiger partial charge in [0, 0.05) is 34.6 Å². The van der Waals surface area contributed by atoms with Gasteiger partial charge in [0.15, 0.2) is 11.5 Å². The van der Waals surface area contributed by atoms with Gasteiger partial charge >= 0.3 is 0 Å². The smallest absolute Gasteiger partial charge is 0.168 e. The normalized spacial score (nSPS) is 24.0. The molecule has 0 bridgehead atoms. The summed E-state index contributed by atoms with van der Waals surface area (Å²) in [4.78, 5) is 0. The summed E-state index contributed by atoms with van der Waals surface area (Å²) in [5.41, 5.74) is 4.40. The van der Waals surface area contributed by atoms with Crippen LogP contribution in [0.3, 0.4) is 0 Å².